The van der Waals surface area contributed by atoms with Gasteiger partial charge in [0, 0.05) is 25.7 Å². The molecule has 0 aromatic rings. The number of phosphoric ester groups is 2. The highest BCUT2D eigenvalue weighted by molar-refractivity contribution is 7.47. The van der Waals surface area contributed by atoms with E-state index in [4.69, 9.17) is 37.0 Å². The molecular weight excluding hydrogens is 1080 g/mol. The topological polar surface area (TPSA) is 237 Å². The highest BCUT2D eigenvalue weighted by Gasteiger charge is 2.30. The van der Waals surface area contributed by atoms with Gasteiger partial charge < -0.3 is 33.8 Å². The molecular formula is C62H120O17P2. The van der Waals surface area contributed by atoms with E-state index < -0.39 is 97.5 Å². The molecule has 0 saturated carbocycles. The average molecular weight is 1200 g/mol. The number of rotatable bonds is 59. The maximum absolute atomic E-state index is 12.9. The fourth-order valence-corrected chi connectivity index (χ4v) is 10.6. The summed E-state index contributed by atoms with van der Waals surface area (Å²) in [5, 5.41) is 10.5. The Morgan fingerprint density at radius 3 is 0.877 bits per heavy atom. The summed E-state index contributed by atoms with van der Waals surface area (Å²) in [5.41, 5.74) is 0. The summed E-state index contributed by atoms with van der Waals surface area (Å²) >= 11 is 0. The lowest BCUT2D eigenvalue weighted by Crippen LogP contribution is -2.30. The number of phosphoric acid groups is 2. The molecule has 81 heavy (non-hydrogen) atoms. The molecule has 0 aromatic heterocycles. The summed E-state index contributed by atoms with van der Waals surface area (Å²) in [6.45, 7) is 13.9. The molecule has 0 saturated heterocycles. The normalized spacial score (nSPS) is 14.8. The van der Waals surface area contributed by atoms with Crippen molar-refractivity contribution in [2.45, 2.75) is 311 Å². The number of aliphatic hydroxyl groups excluding tert-OH is 1. The summed E-state index contributed by atoms with van der Waals surface area (Å²) in [6, 6.07) is 0. The molecule has 17 nitrogen and oxygen atoms in total. The van der Waals surface area contributed by atoms with E-state index in [1.807, 2.05) is 0 Å². The van der Waals surface area contributed by atoms with Gasteiger partial charge in [-0.25, -0.2) is 9.13 Å². The predicted octanol–water partition coefficient (Wildman–Crippen LogP) is 16.6. The Bertz CT molecular complexity index is 1630. The van der Waals surface area contributed by atoms with Crippen LogP contribution in [0.4, 0.5) is 0 Å². The summed E-state index contributed by atoms with van der Waals surface area (Å²) < 4.78 is 67.9. The van der Waals surface area contributed by atoms with Crippen LogP contribution < -0.4 is 0 Å². The molecule has 0 aliphatic heterocycles. The van der Waals surface area contributed by atoms with Crippen LogP contribution in [0.25, 0.3) is 0 Å². The summed E-state index contributed by atoms with van der Waals surface area (Å²) in [4.78, 5) is 72.1. The van der Waals surface area contributed by atoms with Gasteiger partial charge in [0.25, 0.3) is 0 Å². The molecule has 0 aliphatic carbocycles. The fourth-order valence-electron chi connectivity index (χ4n) is 9.04. The molecule has 0 fully saturated rings. The number of aliphatic hydroxyl groups is 1. The number of esters is 4. The van der Waals surface area contributed by atoms with Gasteiger partial charge in [-0.15, -0.1) is 0 Å². The first-order chi connectivity index (χ1) is 38.6. The lowest BCUT2D eigenvalue weighted by molar-refractivity contribution is -0.161. The van der Waals surface area contributed by atoms with Gasteiger partial charge in [-0.05, 0) is 49.4 Å². The number of carbonyl (C=O) groups is 4. The third-order valence-corrected chi connectivity index (χ3v) is 16.3. The first-order valence-electron chi connectivity index (χ1n) is 32.2. The molecule has 0 aliphatic rings. The quantitative estimate of drug-likeness (QED) is 0.0222. The number of carbonyl (C=O) groups excluding carboxylic acids is 4. The highest BCUT2D eigenvalue weighted by atomic mass is 31.2. The monoisotopic (exact) mass is 1200 g/mol. The van der Waals surface area contributed by atoms with Crippen LogP contribution in [0.1, 0.15) is 293 Å². The van der Waals surface area contributed by atoms with Crippen molar-refractivity contribution in [3.05, 3.63) is 0 Å². The zero-order valence-electron chi connectivity index (χ0n) is 52.4. The van der Waals surface area contributed by atoms with Crippen LogP contribution in [0.3, 0.4) is 0 Å². The Hall–Kier alpha value is -1.94. The Morgan fingerprint density at radius 2 is 0.593 bits per heavy atom. The van der Waals surface area contributed by atoms with E-state index >= 15 is 0 Å². The number of ether oxygens (including phenoxy) is 4. The minimum absolute atomic E-state index is 0.102. The van der Waals surface area contributed by atoms with E-state index in [-0.39, 0.29) is 25.7 Å². The fraction of sp³-hybridized carbons (Fsp3) is 0.935. The minimum atomic E-state index is -4.94. The van der Waals surface area contributed by atoms with E-state index in [1.165, 1.54) is 83.5 Å². The van der Waals surface area contributed by atoms with Crippen LogP contribution in [0, 0.1) is 23.7 Å². The van der Waals surface area contributed by atoms with Crippen molar-refractivity contribution in [3.8, 4) is 0 Å². The number of unbranched alkanes of at least 4 members (excludes halogenated alkanes) is 24. The molecule has 0 rings (SSSR count). The molecule has 0 heterocycles. The van der Waals surface area contributed by atoms with Crippen molar-refractivity contribution < 1.29 is 80.2 Å². The lowest BCUT2D eigenvalue weighted by Gasteiger charge is -2.21. The van der Waals surface area contributed by atoms with Crippen molar-refractivity contribution in [2.75, 3.05) is 39.6 Å². The van der Waals surface area contributed by atoms with Crippen LogP contribution >= 0.6 is 15.6 Å². The molecule has 0 radical (unpaired) electrons. The maximum atomic E-state index is 12.9. The minimum Gasteiger partial charge on any atom is -0.462 e. The van der Waals surface area contributed by atoms with Crippen molar-refractivity contribution in [3.63, 3.8) is 0 Å². The van der Waals surface area contributed by atoms with Gasteiger partial charge in [0.05, 0.1) is 26.4 Å². The second-order valence-electron chi connectivity index (χ2n) is 24.1. The largest absolute Gasteiger partial charge is 0.472 e. The Balaban J connectivity index is 5.26. The number of hydrogen-bond donors (Lipinski definition) is 3. The van der Waals surface area contributed by atoms with Crippen molar-refractivity contribution >= 4 is 39.5 Å². The van der Waals surface area contributed by atoms with Crippen LogP contribution in [-0.2, 0) is 65.4 Å². The standard InChI is InChI=1S/C62H120O17P2/c1-9-55(8)41-33-25-19-21-27-35-43-60(65)73-49-58(79-62(67)45-37-29-17-13-11-15-23-31-39-53(4)5)51-77-81(70,71)75-47-56(63)46-74-80(68,69)76-50-57(48-72-59(64)42-34-26-20-18-24-32-40-54(6)7)78-61(66)44-36-28-16-12-10-14-22-30-38-52(2)3/h52-58,63H,9-51H2,1-8H3,(H,68,69)(H,70,71)/t55?,56-,57-,58-/m1/s1. The molecule has 0 amide bonds. The smallest absolute Gasteiger partial charge is 0.462 e. The van der Waals surface area contributed by atoms with Crippen molar-refractivity contribution in [1.29, 1.82) is 0 Å². The lowest BCUT2D eigenvalue weighted by atomic mass is 10.00. The van der Waals surface area contributed by atoms with E-state index in [1.54, 1.807) is 0 Å². The Labute approximate surface area is 492 Å². The Kier molecular flexibility index (Phi) is 51.1. The third-order valence-electron chi connectivity index (χ3n) is 14.4. The zero-order chi connectivity index (χ0) is 60.4. The van der Waals surface area contributed by atoms with Crippen LogP contribution in [0.5, 0.6) is 0 Å². The van der Waals surface area contributed by atoms with E-state index in [9.17, 15) is 43.2 Å². The first-order valence-corrected chi connectivity index (χ1v) is 35.2. The van der Waals surface area contributed by atoms with Gasteiger partial charge in [-0.2, -0.15) is 0 Å². The molecule has 6 atom stereocenters. The summed E-state index contributed by atoms with van der Waals surface area (Å²) in [5.74, 6) is 0.700. The van der Waals surface area contributed by atoms with Gasteiger partial charge in [-0.1, -0.05) is 242 Å². The number of hydrogen-bond acceptors (Lipinski definition) is 15. The molecule has 3 unspecified atom stereocenters. The SMILES string of the molecule is CCC(C)CCCCCCCCC(=O)OC[C@H](COP(=O)(O)OC[C@H](O)COP(=O)(O)OC[C@@H](COC(=O)CCCCCCCCC(C)C)OC(=O)CCCCCCCCCCC(C)C)OC(=O)CCCCCCCCCCC(C)C. The van der Waals surface area contributed by atoms with Crippen LogP contribution in [-0.4, -0.2) is 96.7 Å². The van der Waals surface area contributed by atoms with Crippen LogP contribution in [0.15, 0.2) is 0 Å². The second-order valence-corrected chi connectivity index (χ2v) is 27.0. The Morgan fingerprint density at radius 1 is 0.346 bits per heavy atom. The molecule has 480 valence electrons. The van der Waals surface area contributed by atoms with Crippen LogP contribution in [0.2, 0.25) is 0 Å². The van der Waals surface area contributed by atoms with Gasteiger partial charge in [0.15, 0.2) is 12.2 Å². The molecule has 0 spiro atoms. The van der Waals surface area contributed by atoms with Gasteiger partial charge in [0.2, 0.25) is 0 Å². The van der Waals surface area contributed by atoms with E-state index in [0.717, 1.165) is 120 Å². The van der Waals surface area contributed by atoms with Crippen molar-refractivity contribution in [2.24, 2.45) is 23.7 Å². The molecule has 3 N–H and O–H groups in total. The van der Waals surface area contributed by atoms with Gasteiger partial charge in [0.1, 0.15) is 19.3 Å². The highest BCUT2D eigenvalue weighted by Crippen LogP contribution is 2.45. The molecule has 0 bridgehead atoms. The first kappa shape index (κ1) is 79.1. The van der Waals surface area contributed by atoms with Gasteiger partial charge >= 0.3 is 39.5 Å². The molecule has 19 heteroatoms. The van der Waals surface area contributed by atoms with E-state index in [0.29, 0.717) is 31.6 Å². The predicted molar refractivity (Wildman–Crippen MR) is 321 cm³/mol. The van der Waals surface area contributed by atoms with E-state index in [2.05, 4.69) is 55.4 Å². The average Bonchev–Trinajstić information content (AvgIpc) is 3.41. The second kappa shape index (κ2) is 52.4. The summed E-state index contributed by atoms with van der Waals surface area (Å²) in [6.07, 6.45) is 31.0. The summed E-state index contributed by atoms with van der Waals surface area (Å²) in [7, 11) is -9.88. The zero-order valence-corrected chi connectivity index (χ0v) is 54.2. The van der Waals surface area contributed by atoms with Crippen molar-refractivity contribution in [1.82, 2.24) is 0 Å². The van der Waals surface area contributed by atoms with Gasteiger partial charge in [-0.3, -0.25) is 37.3 Å². The maximum Gasteiger partial charge on any atom is 0.472 e. The molecule has 0 aromatic carbocycles. The third kappa shape index (κ3) is 55.7.